The summed E-state index contributed by atoms with van der Waals surface area (Å²) < 4.78 is 0. The Hall–Kier alpha value is -0.410. The second-order valence-corrected chi connectivity index (χ2v) is 6.55. The largest absolute Gasteiger partial charge is 0.357 e. The van der Waals surface area contributed by atoms with Crippen LogP contribution >= 0.6 is 35.3 Å². The predicted octanol–water partition coefficient (Wildman–Crippen LogP) is 2.86. The average molecular weight is 451 g/mol. The second kappa shape index (κ2) is 12.0. The number of aliphatic imine (C=N–C) groups is 1. The molecule has 2 rings (SSSR count). The molecule has 0 aliphatic carbocycles. The summed E-state index contributed by atoms with van der Waals surface area (Å²) in [4.78, 5) is 11.7. The Labute approximate surface area is 161 Å². The first kappa shape index (κ1) is 20.6. The van der Waals surface area contributed by atoms with E-state index in [0.717, 1.165) is 37.7 Å². The van der Waals surface area contributed by atoms with Crippen LogP contribution in [0.25, 0.3) is 0 Å². The van der Waals surface area contributed by atoms with E-state index in [-0.39, 0.29) is 24.0 Å². The number of hydrogen-bond acceptors (Lipinski definition) is 4. The number of nitrogens with zero attached hydrogens (tertiary/aromatic N) is 3. The first-order valence-corrected chi connectivity index (χ1v) is 9.37. The van der Waals surface area contributed by atoms with Gasteiger partial charge in [-0.1, -0.05) is 13.3 Å². The Morgan fingerprint density at radius 1 is 1.26 bits per heavy atom. The van der Waals surface area contributed by atoms with Gasteiger partial charge in [-0.15, -0.1) is 35.3 Å². The number of hydrogen-bond donors (Lipinski definition) is 2. The van der Waals surface area contributed by atoms with E-state index in [1.165, 1.54) is 37.4 Å². The summed E-state index contributed by atoms with van der Waals surface area (Å²) >= 11 is 1.72. The summed E-state index contributed by atoms with van der Waals surface area (Å²) in [6.45, 7) is 10.3. The molecule has 1 aliphatic rings. The van der Waals surface area contributed by atoms with Crippen molar-refractivity contribution >= 4 is 41.3 Å². The molecule has 0 amide bonds. The van der Waals surface area contributed by atoms with Gasteiger partial charge in [0.2, 0.25) is 0 Å². The standard InChI is InChI=1S/C16H29N5S.HI/c1-3-15-20-14(13-22-15)12-19-16(17-4-2)18-8-11-21-9-6-5-7-10-21;/h13H,3-12H2,1-2H3,(H2,17,18,19);1H. The first-order chi connectivity index (χ1) is 10.8. The molecular formula is C16H30IN5S. The van der Waals surface area contributed by atoms with E-state index < -0.39 is 0 Å². The average Bonchev–Trinajstić information content (AvgIpc) is 3.02. The topological polar surface area (TPSA) is 52.6 Å². The fourth-order valence-corrected chi connectivity index (χ4v) is 3.34. The fraction of sp³-hybridized carbons (Fsp3) is 0.750. The maximum Gasteiger partial charge on any atom is 0.191 e. The van der Waals surface area contributed by atoms with Gasteiger partial charge in [0.05, 0.1) is 17.2 Å². The minimum absolute atomic E-state index is 0. The number of aryl methyl sites for hydroxylation is 1. The number of piperidine rings is 1. The zero-order chi connectivity index (χ0) is 15.6. The quantitative estimate of drug-likeness (QED) is 0.381. The Morgan fingerprint density at radius 2 is 2.04 bits per heavy atom. The molecule has 1 aliphatic heterocycles. The van der Waals surface area contributed by atoms with E-state index in [2.05, 4.69) is 44.7 Å². The van der Waals surface area contributed by atoms with Crippen molar-refractivity contribution in [2.24, 2.45) is 4.99 Å². The number of guanidine groups is 1. The molecule has 1 fully saturated rings. The molecule has 1 aromatic rings. The van der Waals surface area contributed by atoms with E-state index in [1.54, 1.807) is 11.3 Å². The Kier molecular flexibility index (Phi) is 10.8. The summed E-state index contributed by atoms with van der Waals surface area (Å²) in [5.41, 5.74) is 1.06. The highest BCUT2D eigenvalue weighted by atomic mass is 127. The second-order valence-electron chi connectivity index (χ2n) is 5.61. The van der Waals surface area contributed by atoms with Gasteiger partial charge in [-0.2, -0.15) is 0 Å². The highest BCUT2D eigenvalue weighted by Crippen LogP contribution is 2.10. The zero-order valence-corrected chi connectivity index (χ0v) is 17.5. The fourth-order valence-electron chi connectivity index (χ4n) is 2.60. The van der Waals surface area contributed by atoms with Gasteiger partial charge in [0.1, 0.15) is 0 Å². The SMILES string of the molecule is CCNC(=NCc1csc(CC)n1)NCCN1CCCCC1.I. The minimum Gasteiger partial charge on any atom is -0.357 e. The molecule has 132 valence electrons. The highest BCUT2D eigenvalue weighted by molar-refractivity contribution is 14.0. The van der Waals surface area contributed by atoms with E-state index in [0.29, 0.717) is 6.54 Å². The van der Waals surface area contributed by atoms with Gasteiger partial charge in [0.25, 0.3) is 0 Å². The predicted molar refractivity (Wildman–Crippen MR) is 110 cm³/mol. The van der Waals surface area contributed by atoms with Crippen LogP contribution < -0.4 is 10.6 Å². The normalized spacial score (nSPS) is 16.0. The van der Waals surface area contributed by atoms with Gasteiger partial charge in [-0.3, -0.25) is 0 Å². The van der Waals surface area contributed by atoms with Gasteiger partial charge in [0, 0.05) is 25.0 Å². The first-order valence-electron chi connectivity index (χ1n) is 8.49. The van der Waals surface area contributed by atoms with Gasteiger partial charge in [-0.05, 0) is 39.3 Å². The number of likely N-dealkylation sites (tertiary alicyclic amines) is 1. The van der Waals surface area contributed by atoms with Crippen LogP contribution in [0.5, 0.6) is 0 Å². The highest BCUT2D eigenvalue weighted by Gasteiger charge is 2.09. The summed E-state index contributed by atoms with van der Waals surface area (Å²) in [7, 11) is 0. The molecule has 7 heteroatoms. The molecule has 2 N–H and O–H groups in total. The van der Waals surface area contributed by atoms with Crippen LogP contribution in [0.3, 0.4) is 0 Å². The van der Waals surface area contributed by atoms with Gasteiger partial charge in [0.15, 0.2) is 5.96 Å². The Morgan fingerprint density at radius 3 is 2.70 bits per heavy atom. The number of nitrogens with one attached hydrogen (secondary N) is 2. The Bertz CT molecular complexity index is 457. The zero-order valence-electron chi connectivity index (χ0n) is 14.3. The van der Waals surface area contributed by atoms with E-state index in [4.69, 9.17) is 0 Å². The third-order valence-electron chi connectivity index (χ3n) is 3.81. The lowest BCUT2D eigenvalue weighted by Gasteiger charge is -2.26. The summed E-state index contributed by atoms with van der Waals surface area (Å²) in [5.74, 6) is 0.894. The van der Waals surface area contributed by atoms with Crippen molar-refractivity contribution in [3.05, 3.63) is 16.1 Å². The molecule has 0 unspecified atom stereocenters. The van der Waals surface area contributed by atoms with Crippen molar-refractivity contribution in [1.82, 2.24) is 20.5 Å². The van der Waals surface area contributed by atoms with Gasteiger partial charge < -0.3 is 15.5 Å². The third kappa shape index (κ3) is 7.80. The van der Waals surface area contributed by atoms with Crippen LogP contribution in [0.15, 0.2) is 10.4 Å². The van der Waals surface area contributed by atoms with Crippen molar-refractivity contribution in [2.75, 3.05) is 32.7 Å². The van der Waals surface area contributed by atoms with Gasteiger partial charge in [-0.25, -0.2) is 9.98 Å². The number of rotatable bonds is 7. The molecule has 0 bridgehead atoms. The Balaban J connectivity index is 0.00000264. The van der Waals surface area contributed by atoms with Crippen LogP contribution in [0.2, 0.25) is 0 Å². The van der Waals surface area contributed by atoms with E-state index in [1.807, 2.05) is 0 Å². The summed E-state index contributed by atoms with van der Waals surface area (Å²) in [5, 5.41) is 10.0. The minimum atomic E-state index is 0. The number of halogens is 1. The molecule has 23 heavy (non-hydrogen) atoms. The van der Waals surface area contributed by atoms with Crippen LogP contribution in [-0.4, -0.2) is 48.6 Å². The summed E-state index contributed by atoms with van der Waals surface area (Å²) in [6.07, 6.45) is 5.08. The molecule has 1 aromatic heterocycles. The molecule has 0 saturated carbocycles. The van der Waals surface area contributed by atoms with Crippen LogP contribution in [0.1, 0.15) is 43.8 Å². The molecule has 0 radical (unpaired) electrons. The molecule has 1 saturated heterocycles. The smallest absolute Gasteiger partial charge is 0.191 e. The lowest BCUT2D eigenvalue weighted by Crippen LogP contribution is -2.42. The van der Waals surface area contributed by atoms with Crippen LogP contribution in [-0.2, 0) is 13.0 Å². The van der Waals surface area contributed by atoms with Crippen LogP contribution in [0, 0.1) is 0 Å². The lowest BCUT2D eigenvalue weighted by atomic mass is 10.1. The molecular weight excluding hydrogens is 421 g/mol. The van der Waals surface area contributed by atoms with Crippen molar-refractivity contribution in [3.8, 4) is 0 Å². The van der Waals surface area contributed by atoms with Crippen molar-refractivity contribution < 1.29 is 0 Å². The molecule has 0 atom stereocenters. The maximum atomic E-state index is 4.63. The van der Waals surface area contributed by atoms with Crippen molar-refractivity contribution in [1.29, 1.82) is 0 Å². The van der Waals surface area contributed by atoms with Crippen molar-refractivity contribution in [3.63, 3.8) is 0 Å². The maximum absolute atomic E-state index is 4.63. The molecule has 0 spiro atoms. The number of thiazole rings is 1. The monoisotopic (exact) mass is 451 g/mol. The van der Waals surface area contributed by atoms with E-state index >= 15 is 0 Å². The van der Waals surface area contributed by atoms with E-state index in [9.17, 15) is 0 Å². The number of aromatic nitrogens is 1. The van der Waals surface area contributed by atoms with Crippen molar-refractivity contribution in [2.45, 2.75) is 46.1 Å². The lowest BCUT2D eigenvalue weighted by molar-refractivity contribution is 0.232. The van der Waals surface area contributed by atoms with Gasteiger partial charge >= 0.3 is 0 Å². The molecule has 5 nitrogen and oxygen atoms in total. The molecule has 0 aromatic carbocycles. The molecule has 2 heterocycles. The third-order valence-corrected chi connectivity index (χ3v) is 4.86. The summed E-state index contributed by atoms with van der Waals surface area (Å²) in [6, 6.07) is 0. The van der Waals surface area contributed by atoms with Crippen LogP contribution in [0.4, 0.5) is 0 Å².